The smallest absolute Gasteiger partial charge is 0.104 e. The van der Waals surface area contributed by atoms with E-state index in [-0.39, 0.29) is 25.9 Å². The van der Waals surface area contributed by atoms with Crippen molar-refractivity contribution in [3.63, 3.8) is 0 Å². The maximum Gasteiger partial charge on any atom is 0.104 e. The molecule has 1 aliphatic heterocycles. The first-order valence-electron chi connectivity index (χ1n) is 3.87. The van der Waals surface area contributed by atoms with Crippen molar-refractivity contribution in [3.8, 4) is 0 Å². The monoisotopic (exact) mass is 180 g/mol. The quantitative estimate of drug-likeness (QED) is 0.349. The lowest BCUT2D eigenvalue weighted by Crippen LogP contribution is -2.03. The molecule has 0 aromatic heterocycles. The van der Waals surface area contributed by atoms with Gasteiger partial charge in [0.05, 0.1) is 39.6 Å². The summed E-state index contributed by atoms with van der Waals surface area (Å²) in [6.45, 7) is 1.65. The molecule has 12 heavy (non-hydrogen) atoms. The first kappa shape index (κ1) is 11.8. The highest BCUT2D eigenvalue weighted by Gasteiger charge is 2.19. The van der Waals surface area contributed by atoms with E-state index >= 15 is 0 Å². The average Bonchev–Trinajstić information content (AvgIpc) is 2.89. The maximum absolute atomic E-state index is 8.09. The van der Waals surface area contributed by atoms with Gasteiger partial charge in [-0.2, -0.15) is 0 Å². The summed E-state index contributed by atoms with van der Waals surface area (Å²) in [4.78, 5) is 0. The zero-order chi connectivity index (χ0) is 9.23. The number of rotatable bonds is 5. The summed E-state index contributed by atoms with van der Waals surface area (Å²) < 4.78 is 9.24. The summed E-state index contributed by atoms with van der Waals surface area (Å²) in [5.74, 6) is 0. The Morgan fingerprint density at radius 3 is 1.83 bits per heavy atom. The van der Waals surface area contributed by atoms with Gasteiger partial charge in [-0.3, -0.25) is 0 Å². The Hall–Kier alpha value is -0.200. The fourth-order valence-electron chi connectivity index (χ4n) is 0.405. The second-order valence-corrected chi connectivity index (χ2v) is 2.20. The summed E-state index contributed by atoms with van der Waals surface area (Å²) in [7, 11) is 0. The largest absolute Gasteiger partial charge is 0.394 e. The molecule has 0 saturated carbocycles. The van der Waals surface area contributed by atoms with E-state index in [9.17, 15) is 0 Å². The normalized spacial score (nSPS) is 19.8. The highest BCUT2D eigenvalue weighted by Crippen LogP contribution is 2.04. The molecule has 1 rings (SSSR count). The Balaban J connectivity index is 0.000000211. The van der Waals surface area contributed by atoms with Crippen LogP contribution in [0.15, 0.2) is 0 Å². The van der Waals surface area contributed by atoms with Gasteiger partial charge in [-0.15, -0.1) is 0 Å². The minimum absolute atomic E-state index is 0.0278. The fraction of sp³-hybridized carbons (Fsp3) is 1.00. The third-order valence-corrected chi connectivity index (χ3v) is 1.08. The van der Waals surface area contributed by atoms with E-state index in [2.05, 4.69) is 9.47 Å². The third kappa shape index (κ3) is 9.80. The van der Waals surface area contributed by atoms with Crippen molar-refractivity contribution in [2.45, 2.75) is 6.10 Å². The van der Waals surface area contributed by atoms with E-state index < -0.39 is 0 Å². The number of aliphatic hydroxyl groups is 3. The fourth-order valence-corrected chi connectivity index (χ4v) is 0.405. The van der Waals surface area contributed by atoms with Crippen LogP contribution in [0.1, 0.15) is 0 Å². The number of ether oxygens (including phenoxy) is 2. The summed E-state index contributed by atoms with van der Waals surface area (Å²) in [6, 6.07) is 0. The molecule has 1 fully saturated rings. The van der Waals surface area contributed by atoms with Crippen LogP contribution in [0.4, 0.5) is 0 Å². The number of epoxide rings is 1. The summed E-state index contributed by atoms with van der Waals surface area (Å²) in [5.41, 5.74) is 0. The van der Waals surface area contributed by atoms with Gasteiger partial charge in [0.25, 0.3) is 0 Å². The van der Waals surface area contributed by atoms with Crippen molar-refractivity contribution >= 4 is 0 Å². The first-order chi connectivity index (χ1) is 5.85. The van der Waals surface area contributed by atoms with Crippen molar-refractivity contribution < 1.29 is 24.8 Å². The van der Waals surface area contributed by atoms with Gasteiger partial charge in [0, 0.05) is 0 Å². The molecule has 0 aliphatic carbocycles. The number of aliphatic hydroxyl groups excluding tert-OH is 3. The Labute approximate surface area is 71.5 Å². The van der Waals surface area contributed by atoms with Crippen LogP contribution in [0.25, 0.3) is 0 Å². The molecule has 1 atom stereocenters. The predicted octanol–water partition coefficient (Wildman–Crippen LogP) is -1.63. The molecular formula is C7H16O5. The Morgan fingerprint density at radius 2 is 1.67 bits per heavy atom. The Kier molecular flexibility index (Phi) is 8.74. The van der Waals surface area contributed by atoms with Gasteiger partial charge < -0.3 is 24.8 Å². The third-order valence-electron chi connectivity index (χ3n) is 1.08. The van der Waals surface area contributed by atoms with Crippen LogP contribution in [0.2, 0.25) is 0 Å². The lowest BCUT2D eigenvalue weighted by molar-refractivity contribution is 0.0650. The van der Waals surface area contributed by atoms with E-state index in [1.807, 2.05) is 0 Å². The molecule has 1 aliphatic rings. The molecule has 3 N–H and O–H groups in total. The van der Waals surface area contributed by atoms with Gasteiger partial charge in [-0.1, -0.05) is 0 Å². The van der Waals surface area contributed by atoms with E-state index in [1.54, 1.807) is 0 Å². The standard InChI is InChI=1S/C4H10O3.C3H6O2/c5-1-3-7-4-2-6;4-1-3-2-5-3/h5-6H,1-4H2;3-4H,1-2H2. The minimum Gasteiger partial charge on any atom is -0.394 e. The molecule has 1 unspecified atom stereocenters. The van der Waals surface area contributed by atoms with Gasteiger partial charge >= 0.3 is 0 Å². The van der Waals surface area contributed by atoms with Crippen LogP contribution in [0.3, 0.4) is 0 Å². The predicted molar refractivity (Wildman–Crippen MR) is 41.8 cm³/mol. The van der Waals surface area contributed by atoms with Crippen LogP contribution in [0.5, 0.6) is 0 Å². The Morgan fingerprint density at radius 1 is 1.17 bits per heavy atom. The Bertz CT molecular complexity index is 79.9. The van der Waals surface area contributed by atoms with Crippen molar-refractivity contribution in [1.29, 1.82) is 0 Å². The van der Waals surface area contributed by atoms with Gasteiger partial charge in [-0.25, -0.2) is 0 Å². The van der Waals surface area contributed by atoms with E-state index in [1.165, 1.54) is 0 Å². The van der Waals surface area contributed by atoms with Crippen molar-refractivity contribution in [3.05, 3.63) is 0 Å². The second kappa shape index (κ2) is 8.89. The molecule has 0 bridgehead atoms. The van der Waals surface area contributed by atoms with Crippen molar-refractivity contribution in [1.82, 2.24) is 0 Å². The topological polar surface area (TPSA) is 82.5 Å². The minimum atomic E-state index is 0.0278. The van der Waals surface area contributed by atoms with Crippen LogP contribution >= 0.6 is 0 Å². The second-order valence-electron chi connectivity index (χ2n) is 2.20. The van der Waals surface area contributed by atoms with Gasteiger partial charge in [0.1, 0.15) is 6.10 Å². The lowest BCUT2D eigenvalue weighted by atomic mass is 10.5. The summed E-state index contributed by atoms with van der Waals surface area (Å²) in [6.07, 6.45) is 0.190. The zero-order valence-electron chi connectivity index (χ0n) is 6.98. The van der Waals surface area contributed by atoms with Crippen LogP contribution < -0.4 is 0 Å². The summed E-state index contributed by atoms with van der Waals surface area (Å²) in [5, 5.41) is 24.3. The molecule has 0 aromatic rings. The number of hydrogen-bond donors (Lipinski definition) is 3. The van der Waals surface area contributed by atoms with Crippen molar-refractivity contribution in [2.75, 3.05) is 39.6 Å². The van der Waals surface area contributed by atoms with E-state index in [4.69, 9.17) is 15.3 Å². The molecule has 74 valence electrons. The van der Waals surface area contributed by atoms with Crippen LogP contribution in [-0.2, 0) is 9.47 Å². The van der Waals surface area contributed by atoms with Gasteiger partial charge in [-0.05, 0) is 0 Å². The molecule has 5 nitrogen and oxygen atoms in total. The molecule has 1 saturated heterocycles. The molecule has 0 aromatic carbocycles. The lowest BCUT2D eigenvalue weighted by Gasteiger charge is -1.94. The average molecular weight is 180 g/mol. The van der Waals surface area contributed by atoms with Crippen LogP contribution in [0, 0.1) is 0 Å². The van der Waals surface area contributed by atoms with E-state index in [0.717, 1.165) is 6.61 Å². The van der Waals surface area contributed by atoms with Gasteiger partial charge in [0.15, 0.2) is 0 Å². The highest BCUT2D eigenvalue weighted by atomic mass is 16.6. The molecule has 1 heterocycles. The van der Waals surface area contributed by atoms with Crippen molar-refractivity contribution in [2.24, 2.45) is 0 Å². The molecular weight excluding hydrogens is 164 g/mol. The highest BCUT2D eigenvalue weighted by molar-refractivity contribution is 4.65. The maximum atomic E-state index is 8.09. The summed E-state index contributed by atoms with van der Waals surface area (Å²) >= 11 is 0. The van der Waals surface area contributed by atoms with Crippen LogP contribution in [-0.4, -0.2) is 61.1 Å². The molecule has 5 heteroatoms. The first-order valence-corrected chi connectivity index (χ1v) is 3.87. The number of hydrogen-bond acceptors (Lipinski definition) is 5. The van der Waals surface area contributed by atoms with Gasteiger partial charge in [0.2, 0.25) is 0 Å². The SMILES string of the molecule is OCC1CO1.OCCOCCO. The zero-order valence-corrected chi connectivity index (χ0v) is 6.98. The van der Waals surface area contributed by atoms with E-state index in [0.29, 0.717) is 13.2 Å². The molecule has 0 amide bonds. The molecule has 0 spiro atoms. The molecule has 0 radical (unpaired) electrons.